The third-order valence-electron chi connectivity index (χ3n) is 5.39. The molecule has 4 rings (SSSR count). The van der Waals surface area contributed by atoms with Crippen LogP contribution in [0, 0.1) is 5.41 Å². The number of hydrogen-bond donors (Lipinski definition) is 2. The van der Waals surface area contributed by atoms with Gasteiger partial charge >= 0.3 is 0 Å². The number of fused-ring (bicyclic) bond motifs is 1. The second kappa shape index (κ2) is 5.69. The van der Waals surface area contributed by atoms with Gasteiger partial charge in [-0.2, -0.15) is 0 Å². The summed E-state index contributed by atoms with van der Waals surface area (Å²) in [4.78, 5) is 2.57. The Hall–Kier alpha value is -1.24. The molecule has 0 unspecified atom stereocenters. The lowest BCUT2D eigenvalue weighted by Crippen LogP contribution is -2.59. The van der Waals surface area contributed by atoms with Crippen molar-refractivity contribution in [3.8, 4) is 10.8 Å². The van der Waals surface area contributed by atoms with Crippen LogP contribution < -0.4 is 5.32 Å². The van der Waals surface area contributed by atoms with Gasteiger partial charge in [-0.25, -0.2) is 0 Å². The lowest BCUT2D eigenvalue weighted by Gasteiger charge is -2.49. The van der Waals surface area contributed by atoms with Gasteiger partial charge in [0.25, 0.3) is 5.89 Å². The molecule has 1 saturated carbocycles. The first-order valence-corrected chi connectivity index (χ1v) is 9.21. The zero-order chi connectivity index (χ0) is 16.0. The summed E-state index contributed by atoms with van der Waals surface area (Å²) in [7, 11) is 0. The second-order valence-electron chi connectivity index (χ2n) is 7.27. The highest BCUT2D eigenvalue weighted by Crippen LogP contribution is 2.40. The smallest absolute Gasteiger partial charge is 0.257 e. The van der Waals surface area contributed by atoms with Crippen molar-refractivity contribution in [1.29, 1.82) is 0 Å². The van der Waals surface area contributed by atoms with E-state index in [4.69, 9.17) is 4.42 Å². The van der Waals surface area contributed by atoms with Crippen molar-refractivity contribution < 1.29 is 9.52 Å². The zero-order valence-electron chi connectivity index (χ0n) is 13.6. The van der Waals surface area contributed by atoms with E-state index in [0.717, 1.165) is 11.3 Å². The molecule has 23 heavy (non-hydrogen) atoms. The summed E-state index contributed by atoms with van der Waals surface area (Å²) in [5, 5.41) is 21.6. The third kappa shape index (κ3) is 2.73. The van der Waals surface area contributed by atoms with E-state index in [9.17, 15) is 5.11 Å². The van der Waals surface area contributed by atoms with Crippen molar-refractivity contribution in [1.82, 2.24) is 15.5 Å². The van der Waals surface area contributed by atoms with Gasteiger partial charge in [-0.15, -0.1) is 21.5 Å². The molecule has 2 aliphatic rings. The van der Waals surface area contributed by atoms with Crippen LogP contribution in [-0.2, 0) is 19.4 Å². The van der Waals surface area contributed by atoms with Gasteiger partial charge in [0.1, 0.15) is 0 Å². The largest absolute Gasteiger partial charge is 0.419 e. The van der Waals surface area contributed by atoms with Gasteiger partial charge in [0, 0.05) is 16.3 Å². The number of hydrogen-bond acceptors (Lipinski definition) is 6. The minimum Gasteiger partial charge on any atom is -0.419 e. The van der Waals surface area contributed by atoms with E-state index in [2.05, 4.69) is 35.4 Å². The van der Waals surface area contributed by atoms with Gasteiger partial charge in [0.15, 0.2) is 0 Å². The topological polar surface area (TPSA) is 71.2 Å². The highest BCUT2D eigenvalue weighted by Gasteiger charge is 2.46. The van der Waals surface area contributed by atoms with Gasteiger partial charge in [-0.05, 0) is 43.7 Å². The molecule has 0 bridgehead atoms. The molecule has 2 aliphatic carbocycles. The lowest BCUT2D eigenvalue weighted by molar-refractivity contribution is -0.0735. The molecule has 0 amide bonds. The van der Waals surface area contributed by atoms with Crippen LogP contribution >= 0.6 is 11.3 Å². The molecular weight excluding hydrogens is 310 g/mol. The molecule has 5 nitrogen and oxygen atoms in total. The summed E-state index contributed by atoms with van der Waals surface area (Å²) in [5.74, 6) is 1.25. The fourth-order valence-corrected chi connectivity index (χ4v) is 4.65. The maximum absolute atomic E-state index is 9.79. The Morgan fingerprint density at radius 3 is 2.91 bits per heavy atom. The van der Waals surface area contributed by atoms with Crippen LogP contribution in [0.3, 0.4) is 0 Å². The Bertz CT molecular complexity index is 683. The first-order chi connectivity index (χ1) is 11.0. The van der Waals surface area contributed by atoms with Gasteiger partial charge in [0.2, 0.25) is 5.89 Å². The maximum Gasteiger partial charge on any atom is 0.257 e. The Morgan fingerprint density at radius 1 is 1.35 bits per heavy atom. The van der Waals surface area contributed by atoms with E-state index in [1.807, 2.05) is 0 Å². The van der Waals surface area contributed by atoms with Crippen LogP contribution in [0.5, 0.6) is 0 Å². The van der Waals surface area contributed by atoms with Crippen molar-refractivity contribution in [3.05, 3.63) is 22.4 Å². The van der Waals surface area contributed by atoms with E-state index in [1.165, 1.54) is 36.1 Å². The molecule has 0 aromatic carbocycles. The number of aliphatic hydroxyl groups excluding tert-OH is 1. The Kier molecular flexibility index (Phi) is 3.78. The van der Waals surface area contributed by atoms with Crippen molar-refractivity contribution in [2.75, 3.05) is 0 Å². The number of nitrogens with zero attached hydrogens (tertiary/aromatic N) is 2. The molecular formula is C17H23N3O2S. The molecule has 2 atom stereocenters. The molecule has 0 radical (unpaired) electrons. The summed E-state index contributed by atoms with van der Waals surface area (Å²) in [6.45, 7) is 4.71. The van der Waals surface area contributed by atoms with Crippen LogP contribution in [0.4, 0.5) is 0 Å². The highest BCUT2D eigenvalue weighted by atomic mass is 32.1. The standard InChI is InChI=1S/C17H23N3O2S/c1-17(2)13(8-14(17)21)18-9-15-19-20-16(22-15)12-7-10-5-3-4-6-11(10)23-12/h7,13-14,18,21H,3-6,8-9H2,1-2H3/t13-,14+/m1/s1. The predicted molar refractivity (Wildman–Crippen MR) is 89.3 cm³/mol. The molecule has 0 aliphatic heterocycles. The number of aryl methyl sites for hydroxylation is 2. The van der Waals surface area contributed by atoms with E-state index in [0.29, 0.717) is 24.4 Å². The monoisotopic (exact) mass is 333 g/mol. The van der Waals surface area contributed by atoms with E-state index < -0.39 is 0 Å². The van der Waals surface area contributed by atoms with Crippen LogP contribution in [-0.4, -0.2) is 27.4 Å². The molecule has 2 N–H and O–H groups in total. The average molecular weight is 333 g/mol. The summed E-state index contributed by atoms with van der Waals surface area (Å²) >= 11 is 1.79. The SMILES string of the molecule is CC1(C)[C@@H](O)C[C@H]1NCc1nnc(-c2cc3c(s2)CCCC3)o1. The number of nitrogens with one attached hydrogen (secondary N) is 1. The Labute approximate surface area is 140 Å². The number of rotatable bonds is 4. The van der Waals surface area contributed by atoms with Gasteiger partial charge < -0.3 is 14.8 Å². The first kappa shape index (κ1) is 15.3. The maximum atomic E-state index is 9.79. The Balaban J connectivity index is 1.42. The second-order valence-corrected chi connectivity index (χ2v) is 8.41. The quantitative estimate of drug-likeness (QED) is 0.900. The molecule has 6 heteroatoms. The fourth-order valence-electron chi connectivity index (χ4n) is 3.48. The molecule has 2 aromatic rings. The summed E-state index contributed by atoms with van der Waals surface area (Å²) < 4.78 is 5.82. The minimum atomic E-state index is -0.226. The normalized spacial score (nSPS) is 25.9. The molecule has 124 valence electrons. The van der Waals surface area contributed by atoms with Crippen molar-refractivity contribution in [3.63, 3.8) is 0 Å². The number of thiophene rings is 1. The molecule has 0 spiro atoms. The zero-order valence-corrected chi connectivity index (χ0v) is 14.4. The van der Waals surface area contributed by atoms with Crippen LogP contribution in [0.15, 0.2) is 10.5 Å². The summed E-state index contributed by atoms with van der Waals surface area (Å²) in [6.07, 6.45) is 5.48. The first-order valence-electron chi connectivity index (χ1n) is 8.40. The Morgan fingerprint density at radius 2 is 2.17 bits per heavy atom. The van der Waals surface area contributed by atoms with Crippen LogP contribution in [0.25, 0.3) is 10.8 Å². The molecule has 0 saturated heterocycles. The highest BCUT2D eigenvalue weighted by molar-refractivity contribution is 7.15. The average Bonchev–Trinajstić information content (AvgIpc) is 3.17. The fraction of sp³-hybridized carbons (Fsp3) is 0.647. The van der Waals surface area contributed by atoms with E-state index >= 15 is 0 Å². The lowest BCUT2D eigenvalue weighted by atomic mass is 9.64. The summed E-state index contributed by atoms with van der Waals surface area (Å²) in [5.41, 5.74) is 1.37. The molecule has 2 aromatic heterocycles. The van der Waals surface area contributed by atoms with Crippen LogP contribution in [0.1, 0.15) is 49.4 Å². The summed E-state index contributed by atoms with van der Waals surface area (Å²) in [6, 6.07) is 2.51. The van der Waals surface area contributed by atoms with E-state index in [1.54, 1.807) is 11.3 Å². The van der Waals surface area contributed by atoms with Gasteiger partial charge in [-0.3, -0.25) is 0 Å². The predicted octanol–water partition coefficient (Wildman–Crippen LogP) is 2.93. The number of aromatic nitrogens is 2. The van der Waals surface area contributed by atoms with Crippen molar-refractivity contribution >= 4 is 11.3 Å². The number of aliphatic hydroxyl groups is 1. The molecule has 1 fully saturated rings. The minimum absolute atomic E-state index is 0.0876. The molecule has 2 heterocycles. The van der Waals surface area contributed by atoms with Crippen molar-refractivity contribution in [2.24, 2.45) is 5.41 Å². The van der Waals surface area contributed by atoms with Gasteiger partial charge in [0.05, 0.1) is 17.5 Å². The third-order valence-corrected chi connectivity index (χ3v) is 6.61. The van der Waals surface area contributed by atoms with Crippen LogP contribution in [0.2, 0.25) is 0 Å². The van der Waals surface area contributed by atoms with Gasteiger partial charge in [-0.1, -0.05) is 13.8 Å². The van der Waals surface area contributed by atoms with E-state index in [-0.39, 0.29) is 11.5 Å². The van der Waals surface area contributed by atoms with Crippen molar-refractivity contribution in [2.45, 2.75) is 64.6 Å².